The number of carbonyl (C=O) groups is 2. The van der Waals surface area contributed by atoms with Crippen LogP contribution in [-0.4, -0.2) is 123 Å². The Morgan fingerprint density at radius 1 is 0.887 bits per heavy atom. The molecule has 3 N–H and O–H groups in total. The molecule has 4 aromatic rings. The van der Waals surface area contributed by atoms with E-state index in [1.165, 1.54) is 0 Å². The number of hydrogen-bond acceptors (Lipinski definition) is 13. The third-order valence-corrected chi connectivity index (χ3v) is 14.7. The molecule has 15 nitrogen and oxygen atoms in total. The number of nitrogens with one attached hydrogen (secondary N) is 2. The fraction of sp³-hybridized carbons (Fsp3) is 0.596. The van der Waals surface area contributed by atoms with Crippen LogP contribution in [0.25, 0.3) is 22.3 Å². The number of H-pyrrole nitrogens is 1. The van der Waals surface area contributed by atoms with Crippen molar-refractivity contribution in [3.63, 3.8) is 0 Å². The zero-order chi connectivity index (χ0) is 42.8. The monoisotopic (exact) mass is 847 g/mol. The summed E-state index contributed by atoms with van der Waals surface area (Å²) in [7, 11) is 1.67. The Balaban J connectivity index is 0.698. The lowest BCUT2D eigenvalue weighted by Crippen LogP contribution is -2.54. The highest BCUT2D eigenvalue weighted by molar-refractivity contribution is 6.00. The second-order valence-electron chi connectivity index (χ2n) is 19.4. The molecule has 330 valence electrons. The molecule has 15 heteroatoms. The van der Waals surface area contributed by atoms with Gasteiger partial charge in [0.25, 0.3) is 0 Å². The molecule has 1 saturated carbocycles. The van der Waals surface area contributed by atoms with Gasteiger partial charge in [-0.3, -0.25) is 29.8 Å². The van der Waals surface area contributed by atoms with Crippen LogP contribution in [0.2, 0.25) is 0 Å². The number of fused-ring (bicyclic) bond motifs is 2. The Morgan fingerprint density at radius 2 is 1.66 bits per heavy atom. The normalized spacial score (nSPS) is 25.9. The average molecular weight is 848 g/mol. The third kappa shape index (κ3) is 8.12. The third-order valence-electron chi connectivity index (χ3n) is 14.7. The molecular weight excluding hydrogens is 787 g/mol. The summed E-state index contributed by atoms with van der Waals surface area (Å²) in [5.41, 5.74) is 5.29. The Labute approximate surface area is 363 Å². The minimum atomic E-state index is -0.925. The molecule has 5 aliphatic heterocycles. The molecule has 2 aromatic carbocycles. The van der Waals surface area contributed by atoms with Crippen molar-refractivity contribution in [2.45, 2.75) is 127 Å². The first kappa shape index (κ1) is 41.2. The van der Waals surface area contributed by atoms with Crippen molar-refractivity contribution in [2.24, 2.45) is 5.92 Å². The molecule has 5 fully saturated rings. The summed E-state index contributed by atoms with van der Waals surface area (Å²) in [5, 5.41) is 22.5. The van der Waals surface area contributed by atoms with E-state index in [4.69, 9.17) is 19.2 Å². The molecule has 3 atom stereocenters. The van der Waals surface area contributed by atoms with E-state index < -0.39 is 12.3 Å². The number of likely N-dealkylation sites (tertiary alicyclic amines) is 1. The average Bonchev–Trinajstić information content (AvgIpc) is 3.68. The summed E-state index contributed by atoms with van der Waals surface area (Å²) < 4.78 is 19.1. The molecule has 7 heterocycles. The Bertz CT molecular complexity index is 2310. The number of carbonyl (C=O) groups excluding carboxylic acids is 2. The van der Waals surface area contributed by atoms with Crippen LogP contribution in [0.3, 0.4) is 0 Å². The smallest absolute Gasteiger partial charge is 0.244 e. The van der Waals surface area contributed by atoms with Crippen molar-refractivity contribution >= 4 is 34.2 Å². The van der Waals surface area contributed by atoms with Crippen LogP contribution in [0.4, 0.5) is 11.5 Å². The lowest BCUT2D eigenvalue weighted by atomic mass is 9.85. The van der Waals surface area contributed by atoms with Gasteiger partial charge in [-0.2, -0.15) is 5.10 Å². The van der Waals surface area contributed by atoms with E-state index in [9.17, 15) is 14.7 Å². The molecule has 2 unspecified atom stereocenters. The van der Waals surface area contributed by atoms with E-state index in [1.807, 2.05) is 24.3 Å². The van der Waals surface area contributed by atoms with Gasteiger partial charge >= 0.3 is 0 Å². The number of imide groups is 1. The number of rotatable bonds is 11. The van der Waals surface area contributed by atoms with Crippen LogP contribution in [0, 0.1) is 5.92 Å². The molecule has 0 bridgehead atoms. The van der Waals surface area contributed by atoms with Gasteiger partial charge < -0.3 is 29.1 Å². The van der Waals surface area contributed by atoms with Crippen molar-refractivity contribution in [3.8, 4) is 22.9 Å². The molecule has 6 aliphatic rings. The minimum absolute atomic E-state index is 0.0443. The van der Waals surface area contributed by atoms with E-state index in [0.29, 0.717) is 18.9 Å². The number of nitrogens with zero attached hydrogens (tertiary/aromatic N) is 7. The summed E-state index contributed by atoms with van der Waals surface area (Å²) in [4.78, 5) is 43.0. The van der Waals surface area contributed by atoms with Gasteiger partial charge in [0.15, 0.2) is 0 Å². The zero-order valence-electron chi connectivity index (χ0n) is 36.6. The zero-order valence-corrected chi connectivity index (χ0v) is 36.6. The van der Waals surface area contributed by atoms with Gasteiger partial charge in [-0.05, 0) is 109 Å². The van der Waals surface area contributed by atoms with Gasteiger partial charge in [-0.25, -0.2) is 9.97 Å². The number of ether oxygens (including phenoxy) is 3. The molecule has 0 radical (unpaired) electrons. The number of hydrogen-bond donors (Lipinski definition) is 3. The van der Waals surface area contributed by atoms with Crippen LogP contribution in [0.5, 0.6) is 11.5 Å². The number of amides is 2. The number of anilines is 2. The van der Waals surface area contributed by atoms with Gasteiger partial charge in [-0.15, -0.1) is 0 Å². The maximum Gasteiger partial charge on any atom is 0.244 e. The highest BCUT2D eigenvalue weighted by Gasteiger charge is 2.43. The number of benzene rings is 2. The van der Waals surface area contributed by atoms with Crippen molar-refractivity contribution in [1.29, 1.82) is 0 Å². The maximum atomic E-state index is 12.7. The minimum Gasteiger partial charge on any atom is -0.494 e. The van der Waals surface area contributed by atoms with Gasteiger partial charge in [0, 0.05) is 80.4 Å². The summed E-state index contributed by atoms with van der Waals surface area (Å²) in [6.45, 7) is 13.1. The fourth-order valence-corrected chi connectivity index (χ4v) is 10.7. The number of aliphatic hydroxyl groups excluding tert-OH is 1. The molecular formula is C47H61N9O6. The molecule has 4 saturated heterocycles. The molecule has 2 amide bonds. The molecule has 1 aliphatic carbocycles. The Morgan fingerprint density at radius 3 is 2.40 bits per heavy atom. The van der Waals surface area contributed by atoms with Gasteiger partial charge in [0.2, 0.25) is 11.8 Å². The van der Waals surface area contributed by atoms with Gasteiger partial charge in [0.05, 0.1) is 42.3 Å². The SMILES string of the molecule is COc1c(N2CCC(O[C@@H]3CCN(CC4CCN(c5cc(-c6n[nH]c7ccc(OC8(C)CC8)cc67)ncn5)CC4)C(C)(C)C3)CC2)ccc2c1CN(C1CCC(=O)NC1=O)C2O. The quantitative estimate of drug-likeness (QED) is 0.158. The highest BCUT2D eigenvalue weighted by Crippen LogP contribution is 2.45. The lowest BCUT2D eigenvalue weighted by Gasteiger charge is -2.48. The number of aromatic amines is 1. The molecule has 62 heavy (non-hydrogen) atoms. The first-order chi connectivity index (χ1) is 29.9. The first-order valence-corrected chi connectivity index (χ1v) is 22.8. The maximum absolute atomic E-state index is 12.7. The van der Waals surface area contributed by atoms with Crippen LogP contribution in [-0.2, 0) is 20.9 Å². The van der Waals surface area contributed by atoms with Gasteiger partial charge in [-0.1, -0.05) is 6.07 Å². The molecule has 2 aromatic heterocycles. The van der Waals surface area contributed by atoms with E-state index in [0.717, 1.165) is 147 Å². The van der Waals surface area contributed by atoms with Crippen molar-refractivity contribution < 1.29 is 28.9 Å². The number of aromatic nitrogens is 4. The summed E-state index contributed by atoms with van der Waals surface area (Å²) in [6.07, 6.45) is 10.2. The predicted octanol–water partition coefficient (Wildman–Crippen LogP) is 5.72. The van der Waals surface area contributed by atoms with E-state index in [2.05, 4.69) is 68.1 Å². The second kappa shape index (κ2) is 16.4. The second-order valence-corrected chi connectivity index (χ2v) is 19.4. The van der Waals surface area contributed by atoms with Gasteiger partial charge in [0.1, 0.15) is 41.2 Å². The lowest BCUT2D eigenvalue weighted by molar-refractivity contribution is -0.141. The number of piperidine rings is 4. The largest absolute Gasteiger partial charge is 0.494 e. The van der Waals surface area contributed by atoms with Crippen LogP contribution in [0.15, 0.2) is 42.7 Å². The molecule has 10 rings (SSSR count). The number of methoxy groups -OCH3 is 1. The van der Waals surface area contributed by atoms with Crippen molar-refractivity contribution in [1.82, 2.24) is 35.3 Å². The van der Waals surface area contributed by atoms with Crippen LogP contribution < -0.4 is 24.6 Å². The fourth-order valence-electron chi connectivity index (χ4n) is 10.7. The predicted molar refractivity (Wildman–Crippen MR) is 235 cm³/mol. The summed E-state index contributed by atoms with van der Waals surface area (Å²) >= 11 is 0. The Hall–Kier alpha value is -4.83. The topological polar surface area (TPSA) is 162 Å². The van der Waals surface area contributed by atoms with Crippen LogP contribution in [0.1, 0.15) is 102 Å². The van der Waals surface area contributed by atoms with E-state index in [1.54, 1.807) is 18.3 Å². The van der Waals surface area contributed by atoms with Crippen LogP contribution >= 0.6 is 0 Å². The number of aliphatic hydroxyl groups is 1. The van der Waals surface area contributed by atoms with E-state index >= 15 is 0 Å². The summed E-state index contributed by atoms with van der Waals surface area (Å²) in [5.74, 6) is 2.60. The Kier molecular flexibility index (Phi) is 10.9. The highest BCUT2D eigenvalue weighted by atomic mass is 16.5. The molecule has 0 spiro atoms. The van der Waals surface area contributed by atoms with E-state index in [-0.39, 0.29) is 41.6 Å². The van der Waals surface area contributed by atoms with Crippen molar-refractivity contribution in [3.05, 3.63) is 53.9 Å². The summed E-state index contributed by atoms with van der Waals surface area (Å²) in [6, 6.07) is 11.7. The first-order valence-electron chi connectivity index (χ1n) is 22.8. The van der Waals surface area contributed by atoms with Crippen molar-refractivity contribution in [2.75, 3.05) is 56.2 Å². The standard InChI is InChI=1S/C47H61N9O6/c1-46(2)25-32(61-30-13-20-53(21-14-30)38-8-6-33-35(43(38)60-4)27-56(45(33)59)39-9-10-41(57)50-44(39)58)15-22-55(46)26-29-11-18-54(19-12-29)40-24-37(48-28-49-40)42-34-23-31(62-47(3)16-17-47)5-7-36(34)51-52-42/h5-8,23-24,28-30,32,39,45,59H,9-22,25-27H2,1-4H3,(H,51,52)(H,50,57,58)/t32-,39?,45?/m1/s1.